The fraction of sp³-hybridized carbons (Fsp3) is 0.190. The molecule has 0 fully saturated rings. The SMILES string of the molecule is Cn1cccc(C(=O)N(CCc2ccccc2)Cc2ccccn2)c1=O. The molecule has 5 heteroatoms. The maximum absolute atomic E-state index is 13.0. The van der Waals surface area contributed by atoms with Gasteiger partial charge in [-0.25, -0.2) is 0 Å². The second-order valence-corrected chi connectivity index (χ2v) is 6.12. The molecule has 0 bridgehead atoms. The summed E-state index contributed by atoms with van der Waals surface area (Å²) < 4.78 is 1.42. The Hall–Kier alpha value is -3.21. The first kappa shape index (κ1) is 17.6. The van der Waals surface area contributed by atoms with E-state index >= 15 is 0 Å². The topological polar surface area (TPSA) is 55.2 Å². The molecule has 0 aliphatic heterocycles. The summed E-state index contributed by atoms with van der Waals surface area (Å²) in [5.74, 6) is -0.271. The normalized spacial score (nSPS) is 10.5. The number of pyridine rings is 2. The Labute approximate surface area is 152 Å². The molecule has 3 rings (SSSR count). The van der Waals surface area contributed by atoms with Crippen molar-refractivity contribution < 1.29 is 4.79 Å². The van der Waals surface area contributed by atoms with Gasteiger partial charge in [-0.15, -0.1) is 0 Å². The van der Waals surface area contributed by atoms with E-state index in [1.807, 2.05) is 48.5 Å². The van der Waals surface area contributed by atoms with Crippen LogP contribution in [0.1, 0.15) is 21.6 Å². The zero-order chi connectivity index (χ0) is 18.4. The first-order chi connectivity index (χ1) is 12.6. The molecular weight excluding hydrogens is 326 g/mol. The zero-order valence-corrected chi connectivity index (χ0v) is 14.7. The summed E-state index contributed by atoms with van der Waals surface area (Å²) in [6.07, 6.45) is 4.06. The molecule has 0 saturated carbocycles. The van der Waals surface area contributed by atoms with Crippen molar-refractivity contribution >= 4 is 5.91 Å². The zero-order valence-electron chi connectivity index (χ0n) is 14.7. The number of aromatic nitrogens is 2. The molecule has 3 aromatic rings. The first-order valence-corrected chi connectivity index (χ1v) is 8.54. The van der Waals surface area contributed by atoms with Gasteiger partial charge < -0.3 is 9.47 Å². The summed E-state index contributed by atoms with van der Waals surface area (Å²) in [5, 5.41) is 0. The maximum Gasteiger partial charge on any atom is 0.263 e. The summed E-state index contributed by atoms with van der Waals surface area (Å²) in [7, 11) is 1.65. The van der Waals surface area contributed by atoms with E-state index in [1.165, 1.54) is 4.57 Å². The van der Waals surface area contributed by atoms with E-state index in [2.05, 4.69) is 4.98 Å². The Bertz CT molecular complexity index is 921. The molecule has 132 valence electrons. The summed E-state index contributed by atoms with van der Waals surface area (Å²) in [6, 6.07) is 18.9. The molecule has 0 N–H and O–H groups in total. The van der Waals surface area contributed by atoms with Crippen molar-refractivity contribution in [2.75, 3.05) is 6.54 Å². The van der Waals surface area contributed by atoms with Gasteiger partial charge in [0.05, 0.1) is 12.2 Å². The number of aryl methyl sites for hydroxylation is 1. The lowest BCUT2D eigenvalue weighted by molar-refractivity contribution is 0.0740. The monoisotopic (exact) mass is 347 g/mol. The van der Waals surface area contributed by atoms with Crippen molar-refractivity contribution in [1.29, 1.82) is 0 Å². The van der Waals surface area contributed by atoms with Crippen LogP contribution >= 0.6 is 0 Å². The number of amides is 1. The Balaban J connectivity index is 1.85. The predicted molar refractivity (Wildman–Crippen MR) is 101 cm³/mol. The molecule has 0 atom stereocenters. The van der Waals surface area contributed by atoms with Crippen molar-refractivity contribution in [1.82, 2.24) is 14.5 Å². The Morgan fingerprint density at radius 1 is 1.04 bits per heavy atom. The van der Waals surface area contributed by atoms with Crippen molar-refractivity contribution in [3.8, 4) is 0 Å². The first-order valence-electron chi connectivity index (χ1n) is 8.54. The summed E-state index contributed by atoms with van der Waals surface area (Å²) in [4.78, 5) is 31.4. The smallest absolute Gasteiger partial charge is 0.263 e. The number of hydrogen-bond donors (Lipinski definition) is 0. The number of nitrogens with zero attached hydrogens (tertiary/aromatic N) is 3. The Morgan fingerprint density at radius 3 is 2.54 bits per heavy atom. The predicted octanol–water partition coefficient (Wildman–Crippen LogP) is 2.67. The van der Waals surface area contributed by atoms with Crippen LogP contribution in [0.4, 0.5) is 0 Å². The lowest BCUT2D eigenvalue weighted by atomic mass is 10.1. The summed E-state index contributed by atoms with van der Waals surface area (Å²) in [5.41, 5.74) is 1.83. The fourth-order valence-electron chi connectivity index (χ4n) is 2.78. The van der Waals surface area contributed by atoms with Crippen LogP contribution in [0.5, 0.6) is 0 Å². The lowest BCUT2D eigenvalue weighted by Crippen LogP contribution is -2.37. The highest BCUT2D eigenvalue weighted by atomic mass is 16.2. The standard InChI is InChI=1S/C21H21N3O2/c1-23-14-7-11-19(20(23)25)21(26)24(16-18-10-5-6-13-22-18)15-12-17-8-3-2-4-9-17/h2-11,13-14H,12,15-16H2,1H3. The van der Waals surface area contributed by atoms with Gasteiger partial charge in [0.1, 0.15) is 5.56 Å². The van der Waals surface area contributed by atoms with Gasteiger partial charge in [0, 0.05) is 26.0 Å². The number of rotatable bonds is 6. The van der Waals surface area contributed by atoms with Crippen LogP contribution in [0.25, 0.3) is 0 Å². The molecule has 26 heavy (non-hydrogen) atoms. The minimum absolute atomic E-state index is 0.180. The lowest BCUT2D eigenvalue weighted by Gasteiger charge is -2.22. The molecule has 2 aromatic heterocycles. The molecule has 5 nitrogen and oxygen atoms in total. The molecule has 0 aliphatic rings. The molecule has 2 heterocycles. The molecule has 0 radical (unpaired) electrons. The van der Waals surface area contributed by atoms with Crippen molar-refractivity contribution in [3.63, 3.8) is 0 Å². The van der Waals surface area contributed by atoms with Crippen LogP contribution in [0.3, 0.4) is 0 Å². The minimum atomic E-state index is -0.289. The van der Waals surface area contributed by atoms with E-state index in [1.54, 1.807) is 36.5 Å². The highest BCUT2D eigenvalue weighted by Crippen LogP contribution is 2.09. The average molecular weight is 347 g/mol. The third kappa shape index (κ3) is 4.25. The van der Waals surface area contributed by atoms with Crippen molar-refractivity contribution in [2.24, 2.45) is 7.05 Å². The van der Waals surface area contributed by atoms with Gasteiger partial charge in [-0.05, 0) is 36.2 Å². The molecule has 0 spiro atoms. The second kappa shape index (κ2) is 8.25. The van der Waals surface area contributed by atoms with Gasteiger partial charge in [0.25, 0.3) is 11.5 Å². The molecule has 1 amide bonds. The quantitative estimate of drug-likeness (QED) is 0.689. The number of benzene rings is 1. The largest absolute Gasteiger partial charge is 0.332 e. The van der Waals surface area contributed by atoms with Gasteiger partial charge in [0.2, 0.25) is 0 Å². The van der Waals surface area contributed by atoms with Crippen LogP contribution in [0.2, 0.25) is 0 Å². The van der Waals surface area contributed by atoms with Gasteiger partial charge in [-0.3, -0.25) is 14.6 Å². The average Bonchev–Trinajstić information content (AvgIpc) is 2.68. The third-order valence-corrected chi connectivity index (χ3v) is 4.23. The second-order valence-electron chi connectivity index (χ2n) is 6.12. The number of carbonyl (C=O) groups excluding carboxylic acids is 1. The van der Waals surface area contributed by atoms with Crippen molar-refractivity contribution in [3.05, 3.63) is 100 Å². The highest BCUT2D eigenvalue weighted by molar-refractivity contribution is 5.93. The Morgan fingerprint density at radius 2 is 1.81 bits per heavy atom. The van der Waals surface area contributed by atoms with E-state index < -0.39 is 0 Å². The van der Waals surface area contributed by atoms with Gasteiger partial charge >= 0.3 is 0 Å². The van der Waals surface area contributed by atoms with Crippen LogP contribution in [0, 0.1) is 0 Å². The highest BCUT2D eigenvalue weighted by Gasteiger charge is 2.20. The van der Waals surface area contributed by atoms with E-state index in [4.69, 9.17) is 0 Å². The van der Waals surface area contributed by atoms with E-state index in [0.29, 0.717) is 19.5 Å². The van der Waals surface area contributed by atoms with Crippen LogP contribution in [-0.4, -0.2) is 26.9 Å². The van der Waals surface area contributed by atoms with E-state index in [0.717, 1.165) is 11.3 Å². The fourth-order valence-corrected chi connectivity index (χ4v) is 2.78. The van der Waals surface area contributed by atoms with Crippen molar-refractivity contribution in [2.45, 2.75) is 13.0 Å². The number of carbonyl (C=O) groups is 1. The van der Waals surface area contributed by atoms with Gasteiger partial charge in [-0.1, -0.05) is 36.4 Å². The maximum atomic E-state index is 13.0. The third-order valence-electron chi connectivity index (χ3n) is 4.23. The summed E-state index contributed by atoms with van der Waals surface area (Å²) >= 11 is 0. The molecule has 0 saturated heterocycles. The van der Waals surface area contributed by atoms with E-state index in [9.17, 15) is 9.59 Å². The van der Waals surface area contributed by atoms with Crippen LogP contribution in [0.15, 0.2) is 77.9 Å². The van der Waals surface area contributed by atoms with Gasteiger partial charge in [-0.2, -0.15) is 0 Å². The van der Waals surface area contributed by atoms with Gasteiger partial charge in [0.15, 0.2) is 0 Å². The molecular formula is C21H21N3O2. The van der Waals surface area contributed by atoms with Crippen LogP contribution in [-0.2, 0) is 20.0 Å². The van der Waals surface area contributed by atoms with Crippen LogP contribution < -0.4 is 5.56 Å². The molecule has 1 aromatic carbocycles. The summed E-state index contributed by atoms with van der Waals surface area (Å²) in [6.45, 7) is 0.877. The number of hydrogen-bond acceptors (Lipinski definition) is 3. The Kier molecular flexibility index (Phi) is 5.59. The minimum Gasteiger partial charge on any atom is -0.332 e. The molecule has 0 unspecified atom stereocenters. The van der Waals surface area contributed by atoms with E-state index in [-0.39, 0.29) is 17.0 Å². The molecule has 0 aliphatic carbocycles.